The lowest BCUT2D eigenvalue weighted by molar-refractivity contribution is -0.162. The van der Waals surface area contributed by atoms with Crippen molar-refractivity contribution in [3.63, 3.8) is 0 Å². The fraction of sp³-hybridized carbons (Fsp3) is 0.739. The molecule has 0 radical (unpaired) electrons. The van der Waals surface area contributed by atoms with Gasteiger partial charge in [-0.1, -0.05) is 39.0 Å². The summed E-state index contributed by atoms with van der Waals surface area (Å²) >= 11 is 0. The predicted molar refractivity (Wildman–Crippen MR) is 106 cm³/mol. The molecule has 2 aliphatic carbocycles. The van der Waals surface area contributed by atoms with Crippen molar-refractivity contribution in [3.05, 3.63) is 23.8 Å². The molecule has 28 heavy (non-hydrogen) atoms. The monoisotopic (exact) mass is 390 g/mol. The van der Waals surface area contributed by atoms with Crippen LogP contribution in [0.15, 0.2) is 23.8 Å². The van der Waals surface area contributed by atoms with E-state index in [1.807, 2.05) is 13.8 Å². The first-order valence-corrected chi connectivity index (χ1v) is 10.8. The first kappa shape index (κ1) is 21.1. The van der Waals surface area contributed by atoms with Gasteiger partial charge in [0.2, 0.25) is 0 Å². The molecule has 0 saturated carbocycles. The molecule has 7 atom stereocenters. The van der Waals surface area contributed by atoms with Crippen molar-refractivity contribution in [1.29, 1.82) is 0 Å². The van der Waals surface area contributed by atoms with E-state index in [4.69, 9.17) is 9.47 Å². The van der Waals surface area contributed by atoms with Crippen LogP contribution < -0.4 is 0 Å². The van der Waals surface area contributed by atoms with Crippen LogP contribution >= 0.6 is 0 Å². The minimum atomic E-state index is -0.593. The molecule has 0 aromatic carbocycles. The van der Waals surface area contributed by atoms with Crippen molar-refractivity contribution in [2.24, 2.45) is 23.7 Å². The quantitative estimate of drug-likeness (QED) is 0.695. The Morgan fingerprint density at radius 1 is 1.39 bits per heavy atom. The van der Waals surface area contributed by atoms with Crippen LogP contribution in [0.5, 0.6) is 0 Å². The molecule has 0 aromatic heterocycles. The van der Waals surface area contributed by atoms with E-state index in [-0.39, 0.29) is 42.4 Å². The number of esters is 2. The number of aliphatic hydroxyl groups excluding tert-OH is 1. The summed E-state index contributed by atoms with van der Waals surface area (Å²) in [7, 11) is 0. The molecule has 3 rings (SSSR count). The molecule has 1 aliphatic heterocycles. The average molecular weight is 391 g/mol. The fourth-order valence-corrected chi connectivity index (χ4v) is 4.80. The van der Waals surface area contributed by atoms with Gasteiger partial charge in [0.15, 0.2) is 0 Å². The third kappa shape index (κ3) is 4.86. The second-order valence-electron chi connectivity index (χ2n) is 8.76. The fourth-order valence-electron chi connectivity index (χ4n) is 4.80. The zero-order valence-electron chi connectivity index (χ0n) is 17.3. The third-order valence-corrected chi connectivity index (χ3v) is 6.69. The smallest absolute Gasteiger partial charge is 0.308 e. The number of ether oxygens (including phenoxy) is 2. The van der Waals surface area contributed by atoms with Crippen molar-refractivity contribution in [2.45, 2.75) is 84.0 Å². The molecule has 0 amide bonds. The van der Waals surface area contributed by atoms with E-state index in [2.05, 4.69) is 25.2 Å². The van der Waals surface area contributed by atoms with Gasteiger partial charge in [0, 0.05) is 12.3 Å². The molecule has 5 nitrogen and oxygen atoms in total. The molecule has 3 aliphatic rings. The Kier molecular flexibility index (Phi) is 6.97. The van der Waals surface area contributed by atoms with E-state index in [9.17, 15) is 14.7 Å². The van der Waals surface area contributed by atoms with Gasteiger partial charge in [0.25, 0.3) is 0 Å². The maximum absolute atomic E-state index is 12.4. The molecule has 1 unspecified atom stereocenters. The third-order valence-electron chi connectivity index (χ3n) is 6.69. The minimum absolute atomic E-state index is 0.0764. The molecule has 0 bridgehead atoms. The summed E-state index contributed by atoms with van der Waals surface area (Å²) in [6, 6.07) is 0. The topological polar surface area (TPSA) is 72.8 Å². The van der Waals surface area contributed by atoms with E-state index >= 15 is 0 Å². The first-order valence-electron chi connectivity index (χ1n) is 10.8. The number of fused-ring (bicyclic) bond motifs is 1. The van der Waals surface area contributed by atoms with Gasteiger partial charge in [-0.3, -0.25) is 9.59 Å². The van der Waals surface area contributed by atoms with Crippen LogP contribution in [-0.4, -0.2) is 35.4 Å². The maximum Gasteiger partial charge on any atom is 0.308 e. The predicted octanol–water partition coefficient (Wildman–Crippen LogP) is 3.95. The number of carbonyl (C=O) groups excluding carboxylic acids is 2. The molecule has 156 valence electrons. The van der Waals surface area contributed by atoms with Crippen molar-refractivity contribution in [3.8, 4) is 0 Å². The number of hydrogen-bond acceptors (Lipinski definition) is 5. The lowest BCUT2D eigenvalue weighted by Crippen LogP contribution is -2.40. The van der Waals surface area contributed by atoms with Gasteiger partial charge < -0.3 is 14.6 Å². The van der Waals surface area contributed by atoms with Gasteiger partial charge in [-0.15, -0.1) is 0 Å². The zero-order chi connectivity index (χ0) is 20.3. The van der Waals surface area contributed by atoms with Crippen LogP contribution in [0.3, 0.4) is 0 Å². The van der Waals surface area contributed by atoms with Crippen molar-refractivity contribution in [2.75, 3.05) is 0 Å². The zero-order valence-corrected chi connectivity index (χ0v) is 17.3. The summed E-state index contributed by atoms with van der Waals surface area (Å²) in [5, 5.41) is 9.86. The Bertz CT molecular complexity index is 637. The molecule has 0 aromatic rings. The molecule has 0 spiro atoms. The van der Waals surface area contributed by atoms with Crippen LogP contribution in [-0.2, 0) is 19.1 Å². The van der Waals surface area contributed by atoms with Gasteiger partial charge in [-0.05, 0) is 49.5 Å². The molecule has 1 fully saturated rings. The van der Waals surface area contributed by atoms with Crippen LogP contribution in [0.25, 0.3) is 0 Å². The van der Waals surface area contributed by atoms with Crippen LogP contribution in [0.4, 0.5) is 0 Å². The number of aliphatic hydroxyl groups is 1. The lowest BCUT2D eigenvalue weighted by Gasteiger charge is -2.42. The van der Waals surface area contributed by atoms with E-state index in [1.54, 1.807) is 0 Å². The van der Waals surface area contributed by atoms with Gasteiger partial charge in [0.05, 0.1) is 18.4 Å². The first-order chi connectivity index (χ1) is 13.4. The molecule has 1 saturated heterocycles. The highest BCUT2D eigenvalue weighted by molar-refractivity contribution is 5.72. The Morgan fingerprint density at radius 3 is 2.89 bits per heavy atom. The van der Waals surface area contributed by atoms with Crippen LogP contribution in [0.1, 0.15) is 65.7 Å². The summed E-state index contributed by atoms with van der Waals surface area (Å²) < 4.78 is 11.4. The SMILES string of the molecule is CC[C@H](C)C(=O)O[C@H]1CCC=C2C=C[C@H](C)C(CC[C@@H]3C[C@@H](O)CC(=O)O3)[C@H]21. The number of hydrogen-bond donors (Lipinski definition) is 1. The standard InChI is InChI=1S/C23H34O5/c1-4-14(2)23(26)28-20-7-5-6-16-9-8-15(3)19(22(16)20)11-10-18-12-17(24)13-21(25)27-18/h6,8-9,14-15,17-20,22,24H,4-5,7,10-13H2,1-3H3/t14-,15-,17+,18+,19?,20-,22-/m0/s1. The molecule has 5 heteroatoms. The number of carbonyl (C=O) groups is 2. The van der Waals surface area contributed by atoms with E-state index < -0.39 is 6.10 Å². The van der Waals surface area contributed by atoms with Gasteiger partial charge in [-0.2, -0.15) is 0 Å². The van der Waals surface area contributed by atoms with Gasteiger partial charge in [-0.25, -0.2) is 0 Å². The maximum atomic E-state index is 12.4. The Morgan fingerprint density at radius 2 is 2.18 bits per heavy atom. The summed E-state index contributed by atoms with van der Waals surface area (Å²) in [5.74, 6) is 0.426. The average Bonchev–Trinajstić information content (AvgIpc) is 2.66. The van der Waals surface area contributed by atoms with E-state index in [0.717, 1.165) is 32.1 Å². The Balaban J connectivity index is 1.70. The number of allylic oxidation sites excluding steroid dienone is 3. The second-order valence-corrected chi connectivity index (χ2v) is 8.76. The Labute approximate surface area is 168 Å². The minimum Gasteiger partial charge on any atom is -0.462 e. The van der Waals surface area contributed by atoms with Crippen molar-refractivity contribution >= 4 is 11.9 Å². The summed E-state index contributed by atoms with van der Waals surface area (Å²) in [4.78, 5) is 24.1. The summed E-state index contributed by atoms with van der Waals surface area (Å²) in [6.45, 7) is 6.14. The highest BCUT2D eigenvalue weighted by Crippen LogP contribution is 2.44. The van der Waals surface area contributed by atoms with Gasteiger partial charge >= 0.3 is 11.9 Å². The Hall–Kier alpha value is -1.62. The van der Waals surface area contributed by atoms with Crippen LogP contribution in [0.2, 0.25) is 0 Å². The summed E-state index contributed by atoms with van der Waals surface area (Å²) in [5.41, 5.74) is 1.27. The second kappa shape index (κ2) is 9.25. The van der Waals surface area contributed by atoms with E-state index in [0.29, 0.717) is 18.3 Å². The van der Waals surface area contributed by atoms with Crippen molar-refractivity contribution < 1.29 is 24.2 Å². The van der Waals surface area contributed by atoms with Crippen molar-refractivity contribution in [1.82, 2.24) is 0 Å². The normalized spacial score (nSPS) is 36.1. The molecule has 1 N–H and O–H groups in total. The highest BCUT2D eigenvalue weighted by Gasteiger charge is 2.40. The highest BCUT2D eigenvalue weighted by atomic mass is 16.5. The molecule has 1 heterocycles. The molecular weight excluding hydrogens is 356 g/mol. The molecular formula is C23H34O5. The largest absolute Gasteiger partial charge is 0.462 e. The van der Waals surface area contributed by atoms with E-state index in [1.165, 1.54) is 5.57 Å². The number of cyclic esters (lactones) is 1. The van der Waals surface area contributed by atoms with Crippen LogP contribution in [0, 0.1) is 23.7 Å². The summed E-state index contributed by atoms with van der Waals surface area (Å²) in [6.07, 6.45) is 10.6. The van der Waals surface area contributed by atoms with Gasteiger partial charge in [0.1, 0.15) is 12.2 Å². The number of rotatable bonds is 6. The lowest BCUT2D eigenvalue weighted by atomic mass is 9.66.